The fourth-order valence-electron chi connectivity index (χ4n) is 4.67. The van der Waals surface area contributed by atoms with Gasteiger partial charge in [-0.1, -0.05) is 19.0 Å². The fraction of sp³-hybridized carbons (Fsp3) is 0.500. The molecule has 0 saturated carbocycles. The highest BCUT2D eigenvalue weighted by atomic mass is 16.6. The van der Waals surface area contributed by atoms with Crippen LogP contribution in [0.3, 0.4) is 0 Å². The second-order valence-electron chi connectivity index (χ2n) is 11.2. The maximum Gasteiger partial charge on any atom is 0.407 e. The second kappa shape index (κ2) is 8.76. The average Bonchev–Trinajstić information content (AvgIpc) is 3.49. The highest BCUT2D eigenvalue weighted by Gasteiger charge is 2.32. The number of hydrogen-bond acceptors (Lipinski definition) is 7. The number of aryl methyl sites for hydroxylation is 1. The van der Waals surface area contributed by atoms with Crippen LogP contribution in [0.2, 0.25) is 0 Å². The molecule has 1 aliphatic carbocycles. The Morgan fingerprint density at radius 1 is 1.31 bits per heavy atom. The van der Waals surface area contributed by atoms with Crippen LogP contribution < -0.4 is 5.32 Å². The predicted molar refractivity (Wildman–Crippen MR) is 135 cm³/mol. The number of aromatic nitrogens is 6. The number of amides is 1. The van der Waals surface area contributed by atoms with Crippen LogP contribution in [0.5, 0.6) is 0 Å². The third kappa shape index (κ3) is 4.84. The highest BCUT2D eigenvalue weighted by Crippen LogP contribution is 2.38. The Bertz CT molecular complexity index is 1420. The zero-order valence-electron chi connectivity index (χ0n) is 21.8. The van der Waals surface area contributed by atoms with Gasteiger partial charge >= 0.3 is 6.09 Å². The van der Waals surface area contributed by atoms with Gasteiger partial charge in [-0.15, -0.1) is 0 Å². The van der Waals surface area contributed by atoms with E-state index in [0.29, 0.717) is 24.8 Å². The van der Waals surface area contributed by atoms with Crippen molar-refractivity contribution in [3.05, 3.63) is 35.8 Å². The van der Waals surface area contributed by atoms with Crippen molar-refractivity contribution < 1.29 is 14.1 Å². The zero-order chi connectivity index (χ0) is 25.7. The van der Waals surface area contributed by atoms with Crippen LogP contribution in [0, 0.1) is 5.41 Å². The minimum atomic E-state index is -0.524. The molecule has 190 valence electrons. The number of ether oxygens (including phenoxy) is 1. The van der Waals surface area contributed by atoms with E-state index in [9.17, 15) is 4.79 Å². The van der Waals surface area contributed by atoms with Crippen LogP contribution in [0.15, 0.2) is 29.0 Å². The molecular weight excluding hydrogens is 458 g/mol. The number of nitrogens with zero attached hydrogens (tertiary/aromatic N) is 6. The lowest BCUT2D eigenvalue weighted by Gasteiger charge is -2.29. The number of rotatable bonds is 5. The summed E-state index contributed by atoms with van der Waals surface area (Å²) in [5.41, 5.74) is 4.55. The SMILES string of the molecule is Cn1nc(-c2nc(-c3cnc4c(ccn4CCNC(=O)OC(C)(C)C)c3)no2)c2c1CC(C)(C)CC2. The largest absolute Gasteiger partial charge is 0.444 e. The minimum Gasteiger partial charge on any atom is -0.444 e. The molecule has 0 spiro atoms. The topological polar surface area (TPSA) is 113 Å². The number of carbonyl (C=O) groups excluding carboxylic acids is 1. The predicted octanol–water partition coefficient (Wildman–Crippen LogP) is 4.53. The molecule has 5 rings (SSSR count). The van der Waals surface area contributed by atoms with Crippen molar-refractivity contribution in [1.82, 2.24) is 34.8 Å². The van der Waals surface area contributed by atoms with Crippen molar-refractivity contribution in [2.75, 3.05) is 6.54 Å². The Balaban J connectivity index is 1.31. The molecule has 0 aromatic carbocycles. The number of pyridine rings is 1. The summed E-state index contributed by atoms with van der Waals surface area (Å²) in [5, 5.41) is 12.7. The van der Waals surface area contributed by atoms with E-state index in [1.165, 1.54) is 11.3 Å². The Kier molecular flexibility index (Phi) is 5.84. The lowest BCUT2D eigenvalue weighted by Crippen LogP contribution is -2.34. The summed E-state index contributed by atoms with van der Waals surface area (Å²) in [6.45, 7) is 11.1. The molecule has 0 atom stereocenters. The second-order valence-corrected chi connectivity index (χ2v) is 11.2. The maximum atomic E-state index is 11.9. The van der Waals surface area contributed by atoms with Crippen molar-refractivity contribution in [2.24, 2.45) is 12.5 Å². The van der Waals surface area contributed by atoms with E-state index >= 15 is 0 Å². The van der Waals surface area contributed by atoms with Gasteiger partial charge in [0.1, 0.15) is 11.2 Å². The minimum absolute atomic E-state index is 0.265. The first-order chi connectivity index (χ1) is 17.0. The van der Waals surface area contributed by atoms with Crippen molar-refractivity contribution in [3.8, 4) is 23.0 Å². The molecule has 1 aliphatic rings. The summed E-state index contributed by atoms with van der Waals surface area (Å²) in [5.74, 6) is 0.918. The number of carbonyl (C=O) groups is 1. The van der Waals surface area contributed by atoms with Gasteiger partial charge < -0.3 is 19.1 Å². The molecule has 0 bridgehead atoms. The van der Waals surface area contributed by atoms with Crippen LogP contribution in [-0.4, -0.2) is 47.7 Å². The van der Waals surface area contributed by atoms with Crippen LogP contribution >= 0.6 is 0 Å². The van der Waals surface area contributed by atoms with E-state index in [4.69, 9.17) is 14.4 Å². The molecule has 10 heteroatoms. The summed E-state index contributed by atoms with van der Waals surface area (Å²) < 4.78 is 14.9. The van der Waals surface area contributed by atoms with Crippen LogP contribution in [0.1, 0.15) is 52.3 Å². The summed E-state index contributed by atoms with van der Waals surface area (Å²) in [6, 6.07) is 3.97. The molecule has 0 saturated heterocycles. The fourth-order valence-corrected chi connectivity index (χ4v) is 4.67. The monoisotopic (exact) mass is 491 g/mol. The van der Waals surface area contributed by atoms with Gasteiger partial charge in [0, 0.05) is 54.7 Å². The van der Waals surface area contributed by atoms with E-state index in [1.54, 1.807) is 6.20 Å². The first-order valence-electron chi connectivity index (χ1n) is 12.3. The van der Waals surface area contributed by atoms with Gasteiger partial charge in [-0.2, -0.15) is 10.1 Å². The molecule has 4 heterocycles. The van der Waals surface area contributed by atoms with Gasteiger partial charge in [-0.25, -0.2) is 9.78 Å². The molecule has 1 N–H and O–H groups in total. The molecule has 0 aliphatic heterocycles. The third-order valence-corrected chi connectivity index (χ3v) is 6.48. The Hall–Kier alpha value is -3.69. The number of hydrogen-bond donors (Lipinski definition) is 1. The van der Waals surface area contributed by atoms with Gasteiger partial charge in [0.2, 0.25) is 5.82 Å². The zero-order valence-corrected chi connectivity index (χ0v) is 21.8. The molecule has 10 nitrogen and oxygen atoms in total. The number of nitrogens with one attached hydrogen (secondary N) is 1. The molecule has 0 radical (unpaired) electrons. The van der Waals surface area contributed by atoms with E-state index in [-0.39, 0.29) is 5.41 Å². The van der Waals surface area contributed by atoms with Crippen molar-refractivity contribution >= 4 is 17.1 Å². The highest BCUT2D eigenvalue weighted by molar-refractivity contribution is 5.80. The molecule has 1 amide bonds. The van der Waals surface area contributed by atoms with Gasteiger partial charge in [0.15, 0.2) is 5.69 Å². The summed E-state index contributed by atoms with van der Waals surface area (Å²) in [6.07, 6.45) is 6.29. The molecule has 0 unspecified atom stereocenters. The number of alkyl carbamates (subject to hydrolysis) is 1. The summed E-state index contributed by atoms with van der Waals surface area (Å²) in [7, 11) is 1.98. The van der Waals surface area contributed by atoms with Gasteiger partial charge in [-0.05, 0) is 57.6 Å². The quantitative estimate of drug-likeness (QED) is 0.436. The Morgan fingerprint density at radius 3 is 2.89 bits per heavy atom. The van der Waals surface area contributed by atoms with E-state index in [1.807, 2.05) is 55.4 Å². The standard InChI is InChI=1S/C26H33N7O3/c1-25(2,3)35-24(34)27-10-12-33-11-8-16-13-17(15-28-22(16)33)21-29-23(36-31-21)20-18-7-9-26(4,5)14-19(18)32(6)30-20/h8,11,13,15H,7,9-10,12,14H2,1-6H3,(H,27,34). The van der Waals surface area contributed by atoms with Gasteiger partial charge in [-0.3, -0.25) is 4.68 Å². The summed E-state index contributed by atoms with van der Waals surface area (Å²) >= 11 is 0. The third-order valence-electron chi connectivity index (χ3n) is 6.48. The first kappa shape index (κ1) is 24.0. The molecule has 36 heavy (non-hydrogen) atoms. The van der Waals surface area contributed by atoms with Crippen molar-refractivity contribution in [3.63, 3.8) is 0 Å². The normalized spacial score (nSPS) is 15.2. The summed E-state index contributed by atoms with van der Waals surface area (Å²) in [4.78, 5) is 21.2. The number of fused-ring (bicyclic) bond motifs is 2. The first-order valence-corrected chi connectivity index (χ1v) is 12.3. The van der Waals surface area contributed by atoms with Crippen LogP contribution in [0.4, 0.5) is 4.79 Å². The Labute approximate surface area is 210 Å². The molecule has 4 aromatic heterocycles. The lowest BCUT2D eigenvalue weighted by atomic mass is 9.76. The van der Waals surface area contributed by atoms with E-state index < -0.39 is 11.7 Å². The smallest absolute Gasteiger partial charge is 0.407 e. The molecule has 4 aromatic rings. The van der Waals surface area contributed by atoms with Gasteiger partial charge in [0.05, 0.1) is 0 Å². The molecular formula is C26H33N7O3. The van der Waals surface area contributed by atoms with Gasteiger partial charge in [0.25, 0.3) is 5.89 Å². The van der Waals surface area contributed by atoms with E-state index in [2.05, 4.69) is 34.3 Å². The Morgan fingerprint density at radius 2 is 2.11 bits per heavy atom. The van der Waals surface area contributed by atoms with Crippen molar-refractivity contribution in [1.29, 1.82) is 0 Å². The maximum absolute atomic E-state index is 11.9. The van der Waals surface area contributed by atoms with E-state index in [0.717, 1.165) is 41.6 Å². The lowest BCUT2D eigenvalue weighted by molar-refractivity contribution is 0.0526. The molecule has 0 fully saturated rings. The van der Waals surface area contributed by atoms with Crippen LogP contribution in [-0.2, 0) is 31.2 Å². The van der Waals surface area contributed by atoms with Crippen LogP contribution in [0.25, 0.3) is 34.0 Å². The van der Waals surface area contributed by atoms with Crippen molar-refractivity contribution in [2.45, 2.75) is 66.0 Å². The average molecular weight is 492 g/mol.